The topological polar surface area (TPSA) is 83.6 Å². The first kappa shape index (κ1) is 21.4. The van der Waals surface area contributed by atoms with E-state index in [2.05, 4.69) is 32.6 Å². The fourth-order valence-corrected chi connectivity index (χ4v) is 5.49. The summed E-state index contributed by atoms with van der Waals surface area (Å²) in [4.78, 5) is 32.9. The zero-order chi connectivity index (χ0) is 23.4. The zero-order valence-corrected chi connectivity index (χ0v) is 20.4. The van der Waals surface area contributed by atoms with Crippen LogP contribution in [0.5, 0.6) is 5.75 Å². The van der Waals surface area contributed by atoms with Crippen LogP contribution in [0.3, 0.4) is 0 Å². The lowest BCUT2D eigenvalue weighted by molar-refractivity contribution is 0.0634. The molecule has 1 saturated heterocycles. The van der Waals surface area contributed by atoms with Gasteiger partial charge in [-0.05, 0) is 48.6 Å². The molecule has 6 rings (SSSR count). The number of carbonyl (C=O) groups is 2. The van der Waals surface area contributed by atoms with E-state index in [0.29, 0.717) is 48.9 Å². The van der Waals surface area contributed by atoms with Crippen LogP contribution in [0.25, 0.3) is 10.9 Å². The lowest BCUT2D eigenvalue weighted by Gasteiger charge is -2.45. The van der Waals surface area contributed by atoms with Crippen molar-refractivity contribution in [2.75, 3.05) is 25.5 Å². The standard InChI is InChI=1S/C26H25BrN4O3/c1-34-22-14-21(28-23-17(15-5-6-15)3-2-4-18(22)23)25(33)31-11-9-26(10-12-31)29-20-8-7-16(27)13-19(20)24(32)30-26/h2-4,7-8,13-15,29H,5-6,9-12H2,1H3,(H,30,32). The van der Waals surface area contributed by atoms with Crippen LogP contribution in [0.2, 0.25) is 0 Å². The van der Waals surface area contributed by atoms with Gasteiger partial charge in [0.25, 0.3) is 11.8 Å². The molecule has 34 heavy (non-hydrogen) atoms. The Morgan fingerprint density at radius 1 is 1.15 bits per heavy atom. The second kappa shape index (κ2) is 7.98. The average Bonchev–Trinajstić information content (AvgIpc) is 3.69. The number of aromatic nitrogens is 1. The number of ether oxygens (including phenoxy) is 1. The normalized spacial score (nSPS) is 18.9. The first-order chi connectivity index (χ1) is 16.5. The van der Waals surface area contributed by atoms with Crippen LogP contribution in [0, 0.1) is 0 Å². The zero-order valence-electron chi connectivity index (χ0n) is 18.9. The summed E-state index contributed by atoms with van der Waals surface area (Å²) in [6.45, 7) is 1.04. The Balaban J connectivity index is 1.25. The Kier molecular flexibility index (Phi) is 5.02. The molecule has 1 aromatic heterocycles. The molecule has 2 amide bonds. The molecule has 3 aliphatic rings. The molecule has 2 N–H and O–H groups in total. The van der Waals surface area contributed by atoms with Crippen molar-refractivity contribution in [1.29, 1.82) is 0 Å². The number of rotatable bonds is 3. The van der Waals surface area contributed by atoms with Crippen molar-refractivity contribution in [2.45, 2.75) is 37.3 Å². The van der Waals surface area contributed by atoms with Crippen molar-refractivity contribution in [3.63, 3.8) is 0 Å². The van der Waals surface area contributed by atoms with E-state index in [4.69, 9.17) is 9.72 Å². The van der Waals surface area contributed by atoms with Crippen LogP contribution < -0.4 is 15.4 Å². The number of halogens is 1. The number of pyridine rings is 1. The van der Waals surface area contributed by atoms with Crippen molar-refractivity contribution < 1.29 is 14.3 Å². The summed E-state index contributed by atoms with van der Waals surface area (Å²) in [5, 5.41) is 7.60. The number of hydrogen-bond acceptors (Lipinski definition) is 5. The molecule has 2 aliphatic heterocycles. The number of anilines is 1. The van der Waals surface area contributed by atoms with Crippen molar-refractivity contribution in [3.05, 3.63) is 63.8 Å². The van der Waals surface area contributed by atoms with E-state index in [1.807, 2.05) is 35.2 Å². The minimum atomic E-state index is -0.553. The minimum Gasteiger partial charge on any atom is -0.496 e. The van der Waals surface area contributed by atoms with Crippen LogP contribution in [-0.2, 0) is 0 Å². The van der Waals surface area contributed by atoms with Gasteiger partial charge in [0.1, 0.15) is 17.1 Å². The lowest BCUT2D eigenvalue weighted by Crippen LogP contribution is -2.62. The summed E-state index contributed by atoms with van der Waals surface area (Å²) in [7, 11) is 1.63. The summed E-state index contributed by atoms with van der Waals surface area (Å²) >= 11 is 3.43. The van der Waals surface area contributed by atoms with E-state index in [1.54, 1.807) is 13.2 Å². The van der Waals surface area contributed by atoms with Crippen LogP contribution in [-0.4, -0.2) is 47.6 Å². The molecule has 3 heterocycles. The highest BCUT2D eigenvalue weighted by atomic mass is 79.9. The number of amides is 2. The fraction of sp³-hybridized carbons (Fsp3) is 0.346. The summed E-state index contributed by atoms with van der Waals surface area (Å²) in [6.07, 6.45) is 3.54. The number of methoxy groups -OCH3 is 1. The van der Waals surface area contributed by atoms with Crippen molar-refractivity contribution >= 4 is 44.3 Å². The summed E-state index contributed by atoms with van der Waals surface area (Å²) < 4.78 is 6.50. The molecule has 8 heteroatoms. The quantitative estimate of drug-likeness (QED) is 0.524. The molecule has 2 fully saturated rings. The van der Waals surface area contributed by atoms with Gasteiger partial charge in [0, 0.05) is 47.5 Å². The van der Waals surface area contributed by atoms with Crippen LogP contribution in [0.15, 0.2) is 46.9 Å². The molecule has 0 unspecified atom stereocenters. The van der Waals surface area contributed by atoms with E-state index >= 15 is 0 Å². The van der Waals surface area contributed by atoms with Gasteiger partial charge in [0.2, 0.25) is 0 Å². The highest BCUT2D eigenvalue weighted by Crippen LogP contribution is 2.44. The van der Waals surface area contributed by atoms with Crippen LogP contribution in [0.4, 0.5) is 5.69 Å². The molecule has 1 spiro atoms. The molecule has 7 nitrogen and oxygen atoms in total. The molecule has 0 radical (unpaired) electrons. The second-order valence-corrected chi connectivity index (χ2v) is 10.3. The molecule has 3 aromatic rings. The van der Waals surface area contributed by atoms with Gasteiger partial charge in [-0.25, -0.2) is 4.98 Å². The molecule has 1 aliphatic carbocycles. The number of carbonyl (C=O) groups excluding carboxylic acids is 2. The number of likely N-dealkylation sites (tertiary alicyclic amines) is 1. The summed E-state index contributed by atoms with van der Waals surface area (Å²) in [5.74, 6) is 0.995. The van der Waals surface area contributed by atoms with Gasteiger partial charge in [0.15, 0.2) is 0 Å². The monoisotopic (exact) mass is 520 g/mol. The largest absolute Gasteiger partial charge is 0.496 e. The Hall–Kier alpha value is -3.13. The van der Waals surface area contributed by atoms with Crippen LogP contribution in [0.1, 0.15) is 58.0 Å². The maximum absolute atomic E-state index is 13.5. The Morgan fingerprint density at radius 3 is 2.68 bits per heavy atom. The second-order valence-electron chi connectivity index (χ2n) is 9.37. The van der Waals surface area contributed by atoms with Gasteiger partial charge in [-0.1, -0.05) is 28.1 Å². The van der Waals surface area contributed by atoms with Gasteiger partial charge >= 0.3 is 0 Å². The van der Waals surface area contributed by atoms with Crippen molar-refractivity contribution in [3.8, 4) is 5.75 Å². The molecular formula is C26H25BrN4O3. The highest BCUT2D eigenvalue weighted by Gasteiger charge is 2.41. The third-order valence-corrected chi connectivity index (χ3v) is 7.64. The molecule has 1 saturated carbocycles. The average molecular weight is 521 g/mol. The Labute approximate surface area is 206 Å². The molecule has 174 valence electrons. The first-order valence-electron chi connectivity index (χ1n) is 11.6. The van der Waals surface area contributed by atoms with Crippen LogP contribution >= 0.6 is 15.9 Å². The predicted octanol–water partition coefficient (Wildman–Crippen LogP) is 4.67. The minimum absolute atomic E-state index is 0.0941. The molecule has 2 aromatic carbocycles. The third-order valence-electron chi connectivity index (χ3n) is 7.15. The summed E-state index contributed by atoms with van der Waals surface area (Å²) in [5.41, 5.74) is 3.36. The maximum Gasteiger partial charge on any atom is 0.272 e. The third kappa shape index (κ3) is 3.60. The van der Waals surface area contributed by atoms with E-state index in [9.17, 15) is 9.59 Å². The Bertz CT molecular complexity index is 1330. The fourth-order valence-electron chi connectivity index (χ4n) is 5.13. The predicted molar refractivity (Wildman–Crippen MR) is 133 cm³/mol. The summed E-state index contributed by atoms with van der Waals surface area (Å²) in [6, 6.07) is 13.6. The highest BCUT2D eigenvalue weighted by molar-refractivity contribution is 9.10. The number of piperidine rings is 1. The van der Waals surface area contributed by atoms with E-state index in [1.165, 1.54) is 5.56 Å². The number of para-hydroxylation sites is 1. The van der Waals surface area contributed by atoms with Gasteiger partial charge in [-0.3, -0.25) is 9.59 Å². The van der Waals surface area contributed by atoms with E-state index < -0.39 is 5.66 Å². The molecular weight excluding hydrogens is 496 g/mol. The van der Waals surface area contributed by atoms with E-state index in [-0.39, 0.29) is 11.8 Å². The number of nitrogens with one attached hydrogen (secondary N) is 2. The molecule has 0 atom stereocenters. The van der Waals surface area contributed by atoms with Crippen molar-refractivity contribution in [2.24, 2.45) is 0 Å². The van der Waals surface area contributed by atoms with Gasteiger partial charge in [-0.2, -0.15) is 0 Å². The number of hydrogen-bond donors (Lipinski definition) is 2. The van der Waals surface area contributed by atoms with Crippen molar-refractivity contribution in [1.82, 2.24) is 15.2 Å². The van der Waals surface area contributed by atoms with Gasteiger partial charge in [0.05, 0.1) is 18.2 Å². The van der Waals surface area contributed by atoms with Gasteiger partial charge in [-0.15, -0.1) is 0 Å². The first-order valence-corrected chi connectivity index (χ1v) is 12.4. The smallest absolute Gasteiger partial charge is 0.272 e. The number of benzene rings is 2. The number of fused-ring (bicyclic) bond motifs is 2. The number of nitrogens with zero attached hydrogens (tertiary/aromatic N) is 2. The van der Waals surface area contributed by atoms with Gasteiger partial charge < -0.3 is 20.3 Å². The lowest BCUT2D eigenvalue weighted by atomic mass is 9.92. The van der Waals surface area contributed by atoms with E-state index in [0.717, 1.165) is 33.9 Å². The SMILES string of the molecule is COc1cc(C(=O)N2CCC3(CC2)NC(=O)c2cc(Br)ccc2N3)nc2c(C3CC3)cccc12. The molecule has 0 bridgehead atoms. The Morgan fingerprint density at radius 2 is 1.94 bits per heavy atom. The maximum atomic E-state index is 13.5.